The van der Waals surface area contributed by atoms with Gasteiger partial charge in [0.15, 0.2) is 8.32 Å². The molecule has 4 rings (SSSR count). The van der Waals surface area contributed by atoms with Gasteiger partial charge in [0.05, 0.1) is 42.6 Å². The summed E-state index contributed by atoms with van der Waals surface area (Å²) in [6.07, 6.45) is 2.14. The second kappa shape index (κ2) is 11.3. The van der Waals surface area contributed by atoms with Gasteiger partial charge in [-0.1, -0.05) is 76.2 Å². The van der Waals surface area contributed by atoms with Crippen molar-refractivity contribution in [1.82, 2.24) is 4.90 Å². The lowest BCUT2D eigenvalue weighted by molar-refractivity contribution is -0.0376. The summed E-state index contributed by atoms with van der Waals surface area (Å²) in [5.41, 5.74) is 2.93. The van der Waals surface area contributed by atoms with Crippen LogP contribution in [0.2, 0.25) is 18.1 Å². The highest BCUT2D eigenvalue weighted by molar-refractivity contribution is 6.74. The van der Waals surface area contributed by atoms with Crippen LogP contribution >= 0.6 is 0 Å². The van der Waals surface area contributed by atoms with Gasteiger partial charge in [-0.3, -0.25) is 14.5 Å². The summed E-state index contributed by atoms with van der Waals surface area (Å²) in [6.45, 7) is 14.1. The van der Waals surface area contributed by atoms with E-state index in [1.165, 1.54) is 4.90 Å². The van der Waals surface area contributed by atoms with Gasteiger partial charge >= 0.3 is 0 Å². The molecule has 38 heavy (non-hydrogen) atoms. The van der Waals surface area contributed by atoms with Crippen molar-refractivity contribution in [2.24, 2.45) is 5.92 Å². The highest BCUT2D eigenvalue weighted by Gasteiger charge is 2.45. The molecule has 0 aromatic heterocycles. The molecule has 6 nitrogen and oxygen atoms in total. The quantitative estimate of drug-likeness (QED) is 0.216. The number of fused-ring (bicyclic) bond motifs is 1. The first-order valence-electron chi connectivity index (χ1n) is 13.5. The highest BCUT2D eigenvalue weighted by Crippen LogP contribution is 2.41. The number of imide groups is 1. The Labute approximate surface area is 228 Å². The summed E-state index contributed by atoms with van der Waals surface area (Å²) >= 11 is 0. The van der Waals surface area contributed by atoms with Gasteiger partial charge in [0.2, 0.25) is 0 Å². The van der Waals surface area contributed by atoms with Crippen LogP contribution in [0.25, 0.3) is 0 Å². The van der Waals surface area contributed by atoms with E-state index in [9.17, 15) is 9.59 Å². The predicted octanol–water partition coefficient (Wildman–Crippen LogP) is 6.24. The minimum atomic E-state index is -2.01. The van der Waals surface area contributed by atoms with Crippen molar-refractivity contribution in [3.8, 4) is 0 Å². The molecule has 204 valence electrons. The Morgan fingerprint density at radius 1 is 0.974 bits per heavy atom. The van der Waals surface area contributed by atoms with Crippen LogP contribution in [0.3, 0.4) is 0 Å². The molecule has 2 amide bonds. The molecule has 0 bridgehead atoms. The van der Waals surface area contributed by atoms with Crippen molar-refractivity contribution < 1.29 is 23.5 Å². The SMILES string of the molecule is CO[C@H](CN1C(=O)c2ccccc2C1=O)C1=CC[C@@H](O[Si](C)(C)C(C)(C)C)[C@@H](C)[C@H]1OCc1ccccc1. The van der Waals surface area contributed by atoms with Gasteiger partial charge in [-0.05, 0) is 47.8 Å². The number of ether oxygens (including phenoxy) is 2. The molecule has 1 aliphatic carbocycles. The molecule has 4 atom stereocenters. The van der Waals surface area contributed by atoms with Crippen LogP contribution in [0, 0.1) is 5.92 Å². The van der Waals surface area contributed by atoms with E-state index < -0.39 is 14.4 Å². The summed E-state index contributed by atoms with van der Waals surface area (Å²) in [7, 11) is -0.380. The van der Waals surface area contributed by atoms with E-state index in [1.54, 1.807) is 31.4 Å². The lowest BCUT2D eigenvalue weighted by Crippen LogP contribution is -2.50. The second-order valence-electron chi connectivity index (χ2n) is 11.9. The average Bonchev–Trinajstić information content (AvgIpc) is 3.12. The number of amides is 2. The van der Waals surface area contributed by atoms with Crippen molar-refractivity contribution in [3.63, 3.8) is 0 Å². The molecule has 0 radical (unpaired) electrons. The lowest BCUT2D eigenvalue weighted by atomic mass is 9.82. The summed E-state index contributed by atoms with van der Waals surface area (Å²) in [5.74, 6) is -0.497. The standard InChI is InChI=1S/C31H41NO5Si/c1-21-26(37-38(6,7)31(2,3)4)18-17-25(28(21)36-20-22-13-9-8-10-14-22)27(35-5)19-32-29(33)23-15-11-12-16-24(23)30(32)34/h8-17,21,26-28H,18-20H2,1-7H3/t21-,26-,27-,28-/m1/s1. The molecule has 1 heterocycles. The normalized spacial score (nSPS) is 22.9. The van der Waals surface area contributed by atoms with Gasteiger partial charge in [0.1, 0.15) is 0 Å². The van der Waals surface area contributed by atoms with Crippen LogP contribution in [0.5, 0.6) is 0 Å². The van der Waals surface area contributed by atoms with Crippen molar-refractivity contribution in [2.45, 2.75) is 77.2 Å². The minimum Gasteiger partial charge on any atom is -0.413 e. The Hall–Kier alpha value is -2.58. The van der Waals surface area contributed by atoms with E-state index in [0.29, 0.717) is 17.7 Å². The molecule has 2 aromatic carbocycles. The fourth-order valence-corrected chi connectivity index (χ4v) is 6.42. The molecular formula is C31H41NO5Si. The third kappa shape index (κ3) is 5.71. The molecule has 0 saturated carbocycles. The van der Waals surface area contributed by atoms with Gasteiger partial charge in [-0.2, -0.15) is 0 Å². The van der Waals surface area contributed by atoms with Crippen molar-refractivity contribution in [1.29, 1.82) is 0 Å². The topological polar surface area (TPSA) is 65.1 Å². The monoisotopic (exact) mass is 535 g/mol. The maximum atomic E-state index is 13.1. The molecule has 0 fully saturated rings. The number of carbonyl (C=O) groups excluding carboxylic acids is 2. The van der Waals surface area contributed by atoms with Crippen LogP contribution in [0.15, 0.2) is 66.2 Å². The lowest BCUT2D eigenvalue weighted by Gasteiger charge is -2.45. The number of hydrogen-bond donors (Lipinski definition) is 0. The molecular weight excluding hydrogens is 494 g/mol. The van der Waals surface area contributed by atoms with Gasteiger partial charge in [0, 0.05) is 13.0 Å². The van der Waals surface area contributed by atoms with Gasteiger partial charge in [-0.15, -0.1) is 0 Å². The van der Waals surface area contributed by atoms with Crippen molar-refractivity contribution in [2.75, 3.05) is 13.7 Å². The average molecular weight is 536 g/mol. The number of nitrogens with zero attached hydrogens (tertiary/aromatic N) is 1. The molecule has 1 aliphatic heterocycles. The summed E-state index contributed by atoms with van der Waals surface area (Å²) in [5, 5.41) is 0.0949. The molecule has 0 N–H and O–H groups in total. The van der Waals surface area contributed by atoms with E-state index in [-0.39, 0.29) is 41.5 Å². The first-order chi connectivity index (χ1) is 17.9. The number of methoxy groups -OCH3 is 1. The Kier molecular flexibility index (Phi) is 8.42. The second-order valence-corrected chi connectivity index (χ2v) is 16.7. The highest BCUT2D eigenvalue weighted by atomic mass is 28.4. The Morgan fingerprint density at radius 3 is 2.11 bits per heavy atom. The largest absolute Gasteiger partial charge is 0.413 e. The molecule has 0 saturated heterocycles. The van der Waals surface area contributed by atoms with Gasteiger partial charge in [-0.25, -0.2) is 0 Å². The Bertz CT molecular complexity index is 1150. The van der Waals surface area contributed by atoms with Crippen LogP contribution in [0.1, 0.15) is 60.4 Å². The zero-order chi connectivity index (χ0) is 27.7. The molecule has 0 spiro atoms. The maximum absolute atomic E-state index is 13.1. The Morgan fingerprint density at radius 2 is 1.55 bits per heavy atom. The van der Waals surface area contributed by atoms with Gasteiger partial charge in [0.25, 0.3) is 11.8 Å². The minimum absolute atomic E-state index is 0.0113. The maximum Gasteiger partial charge on any atom is 0.261 e. The van der Waals surface area contributed by atoms with E-state index in [1.807, 2.05) is 30.3 Å². The fraction of sp³-hybridized carbons (Fsp3) is 0.484. The van der Waals surface area contributed by atoms with E-state index >= 15 is 0 Å². The molecule has 7 heteroatoms. The van der Waals surface area contributed by atoms with E-state index in [2.05, 4.69) is 46.9 Å². The van der Waals surface area contributed by atoms with Crippen LogP contribution in [-0.4, -0.2) is 57.0 Å². The third-order valence-corrected chi connectivity index (χ3v) is 12.9. The van der Waals surface area contributed by atoms with E-state index in [0.717, 1.165) is 17.6 Å². The number of carbonyl (C=O) groups is 2. The zero-order valence-electron chi connectivity index (χ0n) is 23.7. The molecule has 0 unspecified atom stereocenters. The van der Waals surface area contributed by atoms with Crippen molar-refractivity contribution >= 4 is 20.1 Å². The van der Waals surface area contributed by atoms with Crippen LogP contribution in [-0.2, 0) is 20.5 Å². The molecule has 2 aromatic rings. The van der Waals surface area contributed by atoms with Gasteiger partial charge < -0.3 is 13.9 Å². The number of benzene rings is 2. The van der Waals surface area contributed by atoms with Crippen LogP contribution in [0.4, 0.5) is 0 Å². The number of rotatable bonds is 9. The number of hydrogen-bond acceptors (Lipinski definition) is 5. The smallest absolute Gasteiger partial charge is 0.261 e. The first kappa shape index (κ1) is 28.4. The van der Waals surface area contributed by atoms with Crippen LogP contribution < -0.4 is 0 Å². The predicted molar refractivity (Wildman–Crippen MR) is 152 cm³/mol. The molecule has 2 aliphatic rings. The summed E-state index contributed by atoms with van der Waals surface area (Å²) in [6, 6.07) is 17.1. The summed E-state index contributed by atoms with van der Waals surface area (Å²) < 4.78 is 19.4. The van der Waals surface area contributed by atoms with E-state index in [4.69, 9.17) is 13.9 Å². The Balaban J connectivity index is 1.60. The summed E-state index contributed by atoms with van der Waals surface area (Å²) in [4.78, 5) is 27.5. The first-order valence-corrected chi connectivity index (χ1v) is 16.4. The third-order valence-electron chi connectivity index (χ3n) is 8.39. The van der Waals surface area contributed by atoms with Crippen molar-refractivity contribution in [3.05, 3.63) is 82.9 Å². The fourth-order valence-electron chi connectivity index (χ4n) is 5.00. The zero-order valence-corrected chi connectivity index (χ0v) is 24.7.